The minimum atomic E-state index is -0.952. The maximum Gasteiger partial charge on any atom is 0.335 e. The highest BCUT2D eigenvalue weighted by atomic mass is 16.4. The van der Waals surface area contributed by atoms with Gasteiger partial charge in [-0.2, -0.15) is 5.10 Å². The van der Waals surface area contributed by atoms with Gasteiger partial charge in [0.1, 0.15) is 0 Å². The molecule has 1 amide bonds. The Balaban J connectivity index is 1.83. The van der Waals surface area contributed by atoms with Crippen LogP contribution in [0.4, 0.5) is 0 Å². The van der Waals surface area contributed by atoms with Crippen molar-refractivity contribution in [3.05, 3.63) is 41.1 Å². The van der Waals surface area contributed by atoms with Crippen LogP contribution in [0.1, 0.15) is 28.8 Å². The van der Waals surface area contributed by atoms with Gasteiger partial charge < -0.3 is 9.67 Å². The fourth-order valence-electron chi connectivity index (χ4n) is 2.97. The van der Waals surface area contributed by atoms with E-state index in [1.165, 1.54) is 0 Å². The van der Waals surface area contributed by atoms with Crippen LogP contribution in [0.5, 0.6) is 0 Å². The van der Waals surface area contributed by atoms with E-state index in [-0.39, 0.29) is 11.5 Å². The van der Waals surface area contributed by atoms with E-state index in [1.54, 1.807) is 18.2 Å². The first kappa shape index (κ1) is 13.8. The molecule has 1 fully saturated rings. The van der Waals surface area contributed by atoms with Crippen molar-refractivity contribution in [1.82, 2.24) is 9.99 Å². The summed E-state index contributed by atoms with van der Waals surface area (Å²) in [4.78, 5) is 23.1. The maximum absolute atomic E-state index is 12.0. The molecule has 2 N–H and O–H groups in total. The molecule has 116 valence electrons. The lowest BCUT2D eigenvalue weighted by molar-refractivity contribution is -0.116. The molecule has 1 aliphatic heterocycles. The lowest BCUT2D eigenvalue weighted by Gasteiger charge is -1.99. The highest BCUT2D eigenvalue weighted by molar-refractivity contribution is 6.29. The van der Waals surface area contributed by atoms with Gasteiger partial charge in [0.15, 0.2) is 0 Å². The number of carboxylic acid groups (broad SMARTS) is 1. The number of carbonyl (C=O) groups is 2. The molecule has 6 nitrogen and oxygen atoms in total. The monoisotopic (exact) mass is 309 g/mol. The molecule has 23 heavy (non-hydrogen) atoms. The molecule has 2 aliphatic rings. The van der Waals surface area contributed by atoms with Crippen LogP contribution in [-0.4, -0.2) is 27.3 Å². The van der Waals surface area contributed by atoms with Crippen molar-refractivity contribution in [2.45, 2.75) is 12.8 Å². The van der Waals surface area contributed by atoms with Gasteiger partial charge in [0.25, 0.3) is 5.91 Å². The van der Waals surface area contributed by atoms with Crippen molar-refractivity contribution in [2.75, 3.05) is 0 Å². The summed E-state index contributed by atoms with van der Waals surface area (Å²) in [6, 6.07) is 5.01. The van der Waals surface area contributed by atoms with Crippen LogP contribution in [0.25, 0.3) is 17.0 Å². The summed E-state index contributed by atoms with van der Waals surface area (Å²) < 4.78 is 1.87. The first-order valence-corrected chi connectivity index (χ1v) is 7.47. The van der Waals surface area contributed by atoms with Crippen molar-refractivity contribution in [3.8, 4) is 0 Å². The summed E-state index contributed by atoms with van der Waals surface area (Å²) in [5.74, 6) is -0.744. The molecule has 0 unspecified atom stereocenters. The first-order valence-electron chi connectivity index (χ1n) is 7.47. The third kappa shape index (κ3) is 2.23. The van der Waals surface area contributed by atoms with Crippen molar-refractivity contribution >= 4 is 34.6 Å². The van der Waals surface area contributed by atoms with Crippen molar-refractivity contribution in [1.29, 1.82) is 0 Å². The molecule has 1 aromatic heterocycles. The Morgan fingerprint density at radius 2 is 2.22 bits per heavy atom. The fourth-order valence-corrected chi connectivity index (χ4v) is 2.97. The molecule has 1 aromatic carbocycles. The molecular formula is C17H15N3O3. The zero-order chi connectivity index (χ0) is 16.1. The second-order valence-electron chi connectivity index (χ2n) is 6.00. The molecule has 0 bridgehead atoms. The van der Waals surface area contributed by atoms with Gasteiger partial charge in [-0.25, -0.2) is 10.2 Å². The van der Waals surface area contributed by atoms with Gasteiger partial charge in [-0.3, -0.25) is 4.79 Å². The molecule has 1 aliphatic carbocycles. The summed E-state index contributed by atoms with van der Waals surface area (Å²) in [7, 11) is 1.86. The van der Waals surface area contributed by atoms with Crippen LogP contribution in [-0.2, 0) is 11.8 Å². The largest absolute Gasteiger partial charge is 0.478 e. The molecule has 6 heteroatoms. The van der Waals surface area contributed by atoms with Crippen LogP contribution in [0.15, 0.2) is 35.1 Å². The number of hydrogen-bond acceptors (Lipinski definition) is 3. The number of nitrogens with zero attached hydrogens (tertiary/aromatic N) is 2. The molecule has 2 heterocycles. The number of aromatic nitrogens is 1. The van der Waals surface area contributed by atoms with E-state index >= 15 is 0 Å². The maximum atomic E-state index is 12.0. The molecule has 0 saturated heterocycles. The number of rotatable bonds is 3. The number of carbonyl (C=O) groups excluding carboxylic acids is 1. The lowest BCUT2D eigenvalue weighted by atomic mass is 10.0. The van der Waals surface area contributed by atoms with Crippen LogP contribution in [0.3, 0.4) is 0 Å². The highest BCUT2D eigenvalue weighted by Crippen LogP contribution is 2.36. The molecule has 2 aromatic rings. The lowest BCUT2D eigenvalue weighted by Crippen LogP contribution is -2.13. The third-order valence-electron chi connectivity index (χ3n) is 4.33. The third-order valence-corrected chi connectivity index (χ3v) is 4.33. The van der Waals surface area contributed by atoms with Gasteiger partial charge in [0, 0.05) is 35.6 Å². The van der Waals surface area contributed by atoms with Crippen molar-refractivity contribution in [2.24, 2.45) is 18.1 Å². The van der Waals surface area contributed by atoms with Gasteiger partial charge in [-0.15, -0.1) is 0 Å². The Hall–Kier alpha value is -2.89. The van der Waals surface area contributed by atoms with E-state index in [0.29, 0.717) is 11.5 Å². The fraction of sp³-hybridized carbons (Fsp3) is 0.235. The van der Waals surface area contributed by atoms with Crippen molar-refractivity contribution < 1.29 is 14.7 Å². The standard InChI is InChI=1S/C17H15N3O3/c1-20-8-11(12-5-4-10(17(22)23)7-14(12)20)6-13-15(9-2-3-9)18-19-16(13)21/h4-9H,2-3H2,1H3,(H,19,21)(H,22,23)/b13-6-. The van der Waals surface area contributed by atoms with Crippen LogP contribution in [0, 0.1) is 5.92 Å². The van der Waals surface area contributed by atoms with Crippen LogP contribution < -0.4 is 5.43 Å². The Kier molecular flexibility index (Phi) is 2.87. The topological polar surface area (TPSA) is 83.7 Å². The van der Waals surface area contributed by atoms with Gasteiger partial charge in [0.2, 0.25) is 0 Å². The van der Waals surface area contributed by atoms with E-state index in [1.807, 2.05) is 23.9 Å². The Labute approximate surface area is 132 Å². The van der Waals surface area contributed by atoms with Crippen molar-refractivity contribution in [3.63, 3.8) is 0 Å². The summed E-state index contributed by atoms with van der Waals surface area (Å²) >= 11 is 0. The molecule has 0 atom stereocenters. The SMILES string of the molecule is Cn1cc(/C=C2\C(=O)NN=C2C2CC2)c2ccc(C(=O)O)cc21. The molecule has 0 spiro atoms. The zero-order valence-electron chi connectivity index (χ0n) is 12.5. The van der Waals surface area contributed by atoms with E-state index in [4.69, 9.17) is 5.11 Å². The quantitative estimate of drug-likeness (QED) is 0.852. The average molecular weight is 309 g/mol. The minimum absolute atomic E-state index is 0.175. The van der Waals surface area contributed by atoms with E-state index in [9.17, 15) is 9.59 Å². The Morgan fingerprint density at radius 1 is 1.43 bits per heavy atom. The summed E-state index contributed by atoms with van der Waals surface area (Å²) in [6.45, 7) is 0. The zero-order valence-corrected chi connectivity index (χ0v) is 12.5. The Morgan fingerprint density at radius 3 is 2.91 bits per heavy atom. The number of nitrogens with one attached hydrogen (secondary N) is 1. The highest BCUT2D eigenvalue weighted by Gasteiger charge is 2.35. The normalized spacial score (nSPS) is 19.3. The summed E-state index contributed by atoms with van der Waals surface area (Å²) in [5, 5.41) is 14.2. The van der Waals surface area contributed by atoms with Crippen LogP contribution >= 0.6 is 0 Å². The molecular weight excluding hydrogens is 294 g/mol. The van der Waals surface area contributed by atoms with Crippen LogP contribution in [0.2, 0.25) is 0 Å². The number of amides is 1. The summed E-state index contributed by atoms with van der Waals surface area (Å²) in [6.07, 6.45) is 5.90. The molecule has 0 radical (unpaired) electrons. The second kappa shape index (κ2) is 4.81. The number of fused-ring (bicyclic) bond motifs is 1. The predicted molar refractivity (Wildman–Crippen MR) is 86.2 cm³/mol. The number of benzene rings is 1. The minimum Gasteiger partial charge on any atom is -0.478 e. The molecule has 4 rings (SSSR count). The first-order chi connectivity index (χ1) is 11.0. The van der Waals surface area contributed by atoms with Gasteiger partial charge in [-0.05, 0) is 31.1 Å². The Bertz CT molecular complexity index is 917. The number of aryl methyl sites for hydroxylation is 1. The predicted octanol–water partition coefficient (Wildman–Crippen LogP) is 2.16. The average Bonchev–Trinajstić information content (AvgIpc) is 3.24. The number of hydrogen-bond donors (Lipinski definition) is 2. The van der Waals surface area contributed by atoms with E-state index < -0.39 is 5.97 Å². The number of aromatic carboxylic acids is 1. The van der Waals surface area contributed by atoms with Gasteiger partial charge in [0.05, 0.1) is 16.8 Å². The molecule has 1 saturated carbocycles. The van der Waals surface area contributed by atoms with E-state index in [0.717, 1.165) is 35.0 Å². The number of carboxylic acids is 1. The van der Waals surface area contributed by atoms with Gasteiger partial charge >= 0.3 is 5.97 Å². The number of hydrazone groups is 1. The summed E-state index contributed by atoms with van der Waals surface area (Å²) in [5.41, 5.74) is 5.95. The second-order valence-corrected chi connectivity index (χ2v) is 6.00. The smallest absolute Gasteiger partial charge is 0.335 e. The van der Waals surface area contributed by atoms with E-state index in [2.05, 4.69) is 10.5 Å². The van der Waals surface area contributed by atoms with Gasteiger partial charge in [-0.1, -0.05) is 6.07 Å².